The minimum Gasteiger partial charge on any atom is -0.492 e. The van der Waals surface area contributed by atoms with Crippen LogP contribution >= 0.6 is 0 Å². The van der Waals surface area contributed by atoms with Gasteiger partial charge in [0.2, 0.25) is 5.91 Å². The van der Waals surface area contributed by atoms with Gasteiger partial charge in [-0.25, -0.2) is 4.99 Å². The normalized spacial score (nSPS) is 18.3. The summed E-state index contributed by atoms with van der Waals surface area (Å²) in [4.78, 5) is 17.9. The van der Waals surface area contributed by atoms with E-state index in [0.717, 1.165) is 36.5 Å². The molecule has 2 heterocycles. The molecule has 3 N–H and O–H groups in total. The number of hydrogen-bond donors (Lipinski definition) is 2. The molecule has 0 atom stereocenters. The smallest absolute Gasteiger partial charge is 0.224 e. The van der Waals surface area contributed by atoms with Crippen LogP contribution in [0.4, 0.5) is 5.69 Å². The molecule has 0 unspecified atom stereocenters. The van der Waals surface area contributed by atoms with Gasteiger partial charge in [-0.2, -0.15) is 0 Å². The fourth-order valence-electron chi connectivity index (χ4n) is 3.00. The summed E-state index contributed by atoms with van der Waals surface area (Å²) in [6.45, 7) is 3.06. The fraction of sp³-hybridized carbons (Fsp3) is 0.529. The number of guanidine groups is 1. The Hall–Kier alpha value is -2.24. The third kappa shape index (κ3) is 4.15. The van der Waals surface area contributed by atoms with Crippen LogP contribution < -0.4 is 15.8 Å². The Kier molecular flexibility index (Phi) is 5.00. The summed E-state index contributed by atoms with van der Waals surface area (Å²) in [7, 11) is 0. The van der Waals surface area contributed by atoms with Crippen LogP contribution in [-0.4, -0.2) is 43.0 Å². The second-order valence-electron chi connectivity index (χ2n) is 6.00. The molecule has 0 bridgehead atoms. The van der Waals surface area contributed by atoms with E-state index in [2.05, 4.69) is 15.2 Å². The summed E-state index contributed by atoms with van der Waals surface area (Å²) < 4.78 is 5.74. The van der Waals surface area contributed by atoms with Crippen molar-refractivity contribution in [2.24, 2.45) is 10.7 Å². The van der Waals surface area contributed by atoms with Crippen molar-refractivity contribution < 1.29 is 9.53 Å². The van der Waals surface area contributed by atoms with Gasteiger partial charge in [-0.3, -0.25) is 4.79 Å². The van der Waals surface area contributed by atoms with Crippen LogP contribution in [-0.2, 0) is 11.2 Å². The van der Waals surface area contributed by atoms with Crippen molar-refractivity contribution in [1.82, 2.24) is 4.90 Å². The standard InChI is InChI=1S/C17H24N4O2/c18-17(21-9-2-1-3-10-21)19-8-11-23-14-5-6-15-13(12-14)4-7-16(22)20-15/h5-6,12H,1-4,7-11H2,(H2,18,19)(H,20,22). The number of rotatable bonds is 4. The number of benzene rings is 1. The van der Waals surface area contributed by atoms with E-state index in [1.807, 2.05) is 18.2 Å². The van der Waals surface area contributed by atoms with E-state index in [1.54, 1.807) is 0 Å². The number of aryl methyl sites for hydroxylation is 1. The summed E-state index contributed by atoms with van der Waals surface area (Å²) in [5.74, 6) is 1.52. The van der Waals surface area contributed by atoms with Gasteiger partial charge in [0.15, 0.2) is 5.96 Å². The van der Waals surface area contributed by atoms with Crippen molar-refractivity contribution in [3.8, 4) is 5.75 Å². The van der Waals surface area contributed by atoms with Crippen LogP contribution in [0.5, 0.6) is 5.75 Å². The Bertz CT molecular complexity index is 594. The van der Waals surface area contributed by atoms with Gasteiger partial charge >= 0.3 is 0 Å². The van der Waals surface area contributed by atoms with E-state index in [0.29, 0.717) is 25.5 Å². The zero-order valence-electron chi connectivity index (χ0n) is 13.4. The Labute approximate surface area is 136 Å². The Morgan fingerprint density at radius 3 is 2.91 bits per heavy atom. The molecular weight excluding hydrogens is 292 g/mol. The Balaban J connectivity index is 1.48. The lowest BCUT2D eigenvalue weighted by molar-refractivity contribution is -0.116. The number of carbonyl (C=O) groups is 1. The number of nitrogens with one attached hydrogen (secondary N) is 1. The highest BCUT2D eigenvalue weighted by Crippen LogP contribution is 2.26. The number of nitrogens with two attached hydrogens (primary N) is 1. The average Bonchev–Trinajstić information content (AvgIpc) is 2.59. The molecule has 6 heteroatoms. The minimum absolute atomic E-state index is 0.0775. The molecule has 1 saturated heterocycles. The van der Waals surface area contributed by atoms with Gasteiger partial charge in [-0.1, -0.05) is 0 Å². The number of nitrogens with zero attached hydrogens (tertiary/aromatic N) is 2. The monoisotopic (exact) mass is 316 g/mol. The minimum atomic E-state index is 0.0775. The first-order chi connectivity index (χ1) is 11.2. The molecule has 1 aromatic rings. The van der Waals surface area contributed by atoms with Crippen LogP contribution in [0.15, 0.2) is 23.2 Å². The lowest BCUT2D eigenvalue weighted by atomic mass is 10.0. The molecule has 3 rings (SSSR count). The molecule has 0 aromatic heterocycles. The van der Waals surface area contributed by atoms with Crippen molar-refractivity contribution >= 4 is 17.6 Å². The highest BCUT2D eigenvalue weighted by Gasteiger charge is 2.15. The molecular formula is C17H24N4O2. The number of amides is 1. The molecule has 1 aromatic carbocycles. The van der Waals surface area contributed by atoms with Gasteiger partial charge in [0.05, 0.1) is 6.54 Å². The molecule has 2 aliphatic heterocycles. The number of ether oxygens (including phenoxy) is 1. The van der Waals surface area contributed by atoms with Gasteiger partial charge < -0.3 is 20.7 Å². The quantitative estimate of drug-likeness (QED) is 0.504. The molecule has 124 valence electrons. The van der Waals surface area contributed by atoms with Gasteiger partial charge in [0.25, 0.3) is 0 Å². The summed E-state index contributed by atoms with van der Waals surface area (Å²) >= 11 is 0. The van der Waals surface area contributed by atoms with E-state index in [-0.39, 0.29) is 5.91 Å². The average molecular weight is 316 g/mol. The van der Waals surface area contributed by atoms with Gasteiger partial charge in [-0.15, -0.1) is 0 Å². The van der Waals surface area contributed by atoms with Crippen molar-refractivity contribution in [2.75, 3.05) is 31.6 Å². The van der Waals surface area contributed by atoms with Gasteiger partial charge in [-0.05, 0) is 49.4 Å². The summed E-state index contributed by atoms with van der Waals surface area (Å²) in [5.41, 5.74) is 8.03. The number of aliphatic imine (C=N–C) groups is 1. The van der Waals surface area contributed by atoms with Crippen LogP contribution in [0, 0.1) is 0 Å². The van der Waals surface area contributed by atoms with Crippen molar-refractivity contribution in [3.05, 3.63) is 23.8 Å². The number of piperidine rings is 1. The van der Waals surface area contributed by atoms with Crippen LogP contribution in [0.2, 0.25) is 0 Å². The number of likely N-dealkylation sites (tertiary alicyclic amines) is 1. The summed E-state index contributed by atoms with van der Waals surface area (Å²) in [5, 5.41) is 2.87. The second-order valence-corrected chi connectivity index (χ2v) is 6.00. The maximum atomic E-state index is 11.3. The molecule has 6 nitrogen and oxygen atoms in total. The predicted molar refractivity (Wildman–Crippen MR) is 90.8 cm³/mol. The van der Waals surface area contributed by atoms with Crippen molar-refractivity contribution in [1.29, 1.82) is 0 Å². The molecule has 1 amide bonds. The van der Waals surface area contributed by atoms with Crippen molar-refractivity contribution in [3.63, 3.8) is 0 Å². The Morgan fingerprint density at radius 1 is 1.26 bits per heavy atom. The van der Waals surface area contributed by atoms with E-state index in [9.17, 15) is 4.79 Å². The first kappa shape index (κ1) is 15.6. The second kappa shape index (κ2) is 7.35. The highest BCUT2D eigenvalue weighted by atomic mass is 16.5. The number of anilines is 1. The summed E-state index contributed by atoms with van der Waals surface area (Å²) in [6, 6.07) is 5.77. The molecule has 1 fully saturated rings. The maximum absolute atomic E-state index is 11.3. The molecule has 0 spiro atoms. The molecule has 0 saturated carbocycles. The third-order valence-corrected chi connectivity index (χ3v) is 4.29. The molecule has 0 radical (unpaired) electrons. The first-order valence-electron chi connectivity index (χ1n) is 8.33. The topological polar surface area (TPSA) is 80.0 Å². The van der Waals surface area contributed by atoms with Gasteiger partial charge in [0, 0.05) is 25.2 Å². The van der Waals surface area contributed by atoms with E-state index in [1.165, 1.54) is 19.3 Å². The molecule has 0 aliphatic carbocycles. The number of carbonyl (C=O) groups excluding carboxylic acids is 1. The van der Waals surface area contributed by atoms with Crippen molar-refractivity contribution in [2.45, 2.75) is 32.1 Å². The van der Waals surface area contributed by atoms with Gasteiger partial charge in [0.1, 0.15) is 12.4 Å². The Morgan fingerprint density at radius 2 is 2.09 bits per heavy atom. The lowest BCUT2D eigenvalue weighted by Crippen LogP contribution is -2.41. The first-order valence-corrected chi connectivity index (χ1v) is 8.33. The zero-order chi connectivity index (χ0) is 16.1. The molecule has 23 heavy (non-hydrogen) atoms. The van der Waals surface area contributed by atoms with Crippen LogP contribution in [0.3, 0.4) is 0 Å². The van der Waals surface area contributed by atoms with Crippen LogP contribution in [0.1, 0.15) is 31.2 Å². The number of fused-ring (bicyclic) bond motifs is 1. The van der Waals surface area contributed by atoms with E-state index in [4.69, 9.17) is 10.5 Å². The van der Waals surface area contributed by atoms with E-state index >= 15 is 0 Å². The maximum Gasteiger partial charge on any atom is 0.224 e. The molecule has 2 aliphatic rings. The van der Waals surface area contributed by atoms with E-state index < -0.39 is 0 Å². The third-order valence-electron chi connectivity index (χ3n) is 4.29. The number of hydrogen-bond acceptors (Lipinski definition) is 3. The van der Waals surface area contributed by atoms with Crippen LogP contribution in [0.25, 0.3) is 0 Å². The fourth-order valence-corrected chi connectivity index (χ4v) is 3.00. The highest BCUT2D eigenvalue weighted by molar-refractivity contribution is 5.94. The predicted octanol–water partition coefficient (Wildman–Crippen LogP) is 1.75. The summed E-state index contributed by atoms with van der Waals surface area (Å²) in [6.07, 6.45) is 4.97. The zero-order valence-corrected chi connectivity index (χ0v) is 13.4. The SMILES string of the molecule is NC(=NCCOc1ccc2c(c1)CCC(=O)N2)N1CCCCC1. The lowest BCUT2D eigenvalue weighted by Gasteiger charge is -2.27. The largest absolute Gasteiger partial charge is 0.492 e.